The molecule has 3 aromatic rings. The highest BCUT2D eigenvalue weighted by Gasteiger charge is 2.29. The molecule has 5 nitrogen and oxygen atoms in total. The lowest BCUT2D eigenvalue weighted by Crippen LogP contribution is -2.37. The molecule has 0 heterocycles. The molecule has 0 aliphatic carbocycles. The van der Waals surface area contributed by atoms with Gasteiger partial charge < -0.3 is 10.1 Å². The van der Waals surface area contributed by atoms with Crippen LogP contribution in [-0.2, 0) is 9.59 Å². The van der Waals surface area contributed by atoms with Gasteiger partial charge in [-0.2, -0.15) is 0 Å². The Bertz CT molecular complexity index is 1010. The molecule has 0 saturated carbocycles. The van der Waals surface area contributed by atoms with Crippen LogP contribution in [0.5, 0.6) is 5.75 Å². The fraction of sp³-hybridized carbons (Fsp3) is 0.167. The number of anilines is 2. The van der Waals surface area contributed by atoms with E-state index < -0.39 is 6.04 Å². The molecule has 0 radical (unpaired) electrons. The van der Waals surface area contributed by atoms with Crippen molar-refractivity contribution < 1.29 is 14.3 Å². The van der Waals surface area contributed by atoms with Crippen LogP contribution in [0, 0.1) is 13.8 Å². The van der Waals surface area contributed by atoms with Crippen molar-refractivity contribution in [1.82, 2.24) is 0 Å². The minimum Gasteiger partial charge on any atom is -0.497 e. The second-order valence-electron chi connectivity index (χ2n) is 6.92. The van der Waals surface area contributed by atoms with Crippen LogP contribution in [0.25, 0.3) is 0 Å². The highest BCUT2D eigenvalue weighted by Crippen LogP contribution is 2.30. The van der Waals surface area contributed by atoms with E-state index >= 15 is 0 Å². The maximum atomic E-state index is 13.4. The van der Waals surface area contributed by atoms with Crippen LogP contribution >= 0.6 is 11.6 Å². The standard InChI is InChI=1S/C24H23ClN2O3/c1-16-5-4-6-17(2)22(16)26-24(29)23(18-7-9-19(25)10-8-18)27(15-28)20-11-13-21(30-3)14-12-20/h4-15,23H,1-3H3,(H,26,29)/t23-/m1/s1. The van der Waals surface area contributed by atoms with E-state index in [-0.39, 0.29) is 5.91 Å². The van der Waals surface area contributed by atoms with Crippen LogP contribution in [0.4, 0.5) is 11.4 Å². The molecule has 30 heavy (non-hydrogen) atoms. The molecule has 1 atom stereocenters. The Morgan fingerprint density at radius 3 is 2.13 bits per heavy atom. The molecule has 0 saturated heterocycles. The Kier molecular flexibility index (Phi) is 6.75. The Morgan fingerprint density at radius 1 is 1.00 bits per heavy atom. The molecule has 0 aromatic heterocycles. The summed E-state index contributed by atoms with van der Waals surface area (Å²) in [4.78, 5) is 26.9. The van der Waals surface area contributed by atoms with Crippen LogP contribution in [0.2, 0.25) is 5.02 Å². The number of aryl methyl sites for hydroxylation is 2. The molecule has 0 aliphatic heterocycles. The van der Waals surface area contributed by atoms with Gasteiger partial charge in [0.15, 0.2) is 0 Å². The first-order valence-electron chi connectivity index (χ1n) is 9.45. The lowest BCUT2D eigenvalue weighted by atomic mass is 10.0. The van der Waals surface area contributed by atoms with Gasteiger partial charge in [-0.15, -0.1) is 0 Å². The molecule has 2 amide bonds. The van der Waals surface area contributed by atoms with E-state index in [0.29, 0.717) is 28.4 Å². The summed E-state index contributed by atoms with van der Waals surface area (Å²) in [7, 11) is 1.57. The van der Waals surface area contributed by atoms with Crippen LogP contribution in [0.15, 0.2) is 66.7 Å². The van der Waals surface area contributed by atoms with Crippen molar-refractivity contribution in [3.05, 3.63) is 88.4 Å². The summed E-state index contributed by atoms with van der Waals surface area (Å²) < 4.78 is 5.19. The summed E-state index contributed by atoms with van der Waals surface area (Å²) in [5.41, 5.74) is 3.84. The van der Waals surface area contributed by atoms with Crippen molar-refractivity contribution in [1.29, 1.82) is 0 Å². The topological polar surface area (TPSA) is 58.6 Å². The zero-order chi connectivity index (χ0) is 21.7. The third-order valence-corrected chi connectivity index (χ3v) is 5.18. The lowest BCUT2D eigenvalue weighted by Gasteiger charge is -2.28. The summed E-state index contributed by atoms with van der Waals surface area (Å²) in [6.45, 7) is 3.86. The van der Waals surface area contributed by atoms with Gasteiger partial charge in [-0.25, -0.2) is 0 Å². The van der Waals surface area contributed by atoms with Gasteiger partial charge in [-0.1, -0.05) is 41.9 Å². The second-order valence-corrected chi connectivity index (χ2v) is 7.36. The summed E-state index contributed by atoms with van der Waals surface area (Å²) in [6.07, 6.45) is 0.658. The van der Waals surface area contributed by atoms with Crippen LogP contribution in [0.3, 0.4) is 0 Å². The fourth-order valence-corrected chi connectivity index (χ4v) is 3.44. The molecule has 1 N–H and O–H groups in total. The van der Waals surface area contributed by atoms with E-state index in [4.69, 9.17) is 16.3 Å². The Hall–Kier alpha value is -3.31. The maximum Gasteiger partial charge on any atom is 0.252 e. The van der Waals surface area contributed by atoms with Crippen molar-refractivity contribution in [3.8, 4) is 5.75 Å². The van der Waals surface area contributed by atoms with Crippen molar-refractivity contribution in [2.45, 2.75) is 19.9 Å². The van der Waals surface area contributed by atoms with Crippen LogP contribution in [-0.4, -0.2) is 19.4 Å². The van der Waals surface area contributed by atoms with Gasteiger partial charge in [0, 0.05) is 16.4 Å². The summed E-state index contributed by atoms with van der Waals surface area (Å²) in [5.74, 6) is 0.338. The zero-order valence-corrected chi connectivity index (χ0v) is 17.8. The number of hydrogen-bond acceptors (Lipinski definition) is 3. The maximum absolute atomic E-state index is 13.4. The minimum absolute atomic E-state index is 0.322. The third-order valence-electron chi connectivity index (χ3n) is 4.93. The fourth-order valence-electron chi connectivity index (χ4n) is 3.31. The Balaban J connectivity index is 2.03. The predicted molar refractivity (Wildman–Crippen MR) is 120 cm³/mol. The summed E-state index contributed by atoms with van der Waals surface area (Å²) in [6, 6.07) is 18.8. The quantitative estimate of drug-likeness (QED) is 0.525. The highest BCUT2D eigenvalue weighted by molar-refractivity contribution is 6.30. The van der Waals surface area contributed by atoms with Crippen molar-refractivity contribution in [2.24, 2.45) is 0 Å². The van der Waals surface area contributed by atoms with E-state index in [1.54, 1.807) is 55.6 Å². The molecule has 0 unspecified atom stereocenters. The van der Waals surface area contributed by atoms with Crippen LogP contribution in [0.1, 0.15) is 22.7 Å². The monoisotopic (exact) mass is 422 g/mol. The number of amides is 2. The van der Waals surface area contributed by atoms with Crippen molar-refractivity contribution >= 4 is 35.3 Å². The van der Waals surface area contributed by atoms with Gasteiger partial charge in [0.2, 0.25) is 6.41 Å². The number of carbonyl (C=O) groups is 2. The molecule has 0 fully saturated rings. The summed E-state index contributed by atoms with van der Waals surface area (Å²) in [5, 5.41) is 3.55. The largest absolute Gasteiger partial charge is 0.497 e. The van der Waals surface area contributed by atoms with E-state index in [2.05, 4.69) is 5.32 Å². The number of carbonyl (C=O) groups excluding carboxylic acids is 2. The minimum atomic E-state index is -0.882. The molecule has 0 spiro atoms. The first kappa shape index (κ1) is 21.4. The van der Waals surface area contributed by atoms with Gasteiger partial charge in [0.05, 0.1) is 7.11 Å². The number of hydrogen-bond donors (Lipinski definition) is 1. The first-order chi connectivity index (χ1) is 14.4. The molecule has 0 aliphatic rings. The number of methoxy groups -OCH3 is 1. The number of ether oxygens (including phenoxy) is 1. The van der Waals surface area contributed by atoms with Gasteiger partial charge in [0.25, 0.3) is 5.91 Å². The molecule has 3 aromatic carbocycles. The molecule has 0 bridgehead atoms. The smallest absolute Gasteiger partial charge is 0.252 e. The first-order valence-corrected chi connectivity index (χ1v) is 9.82. The Labute approximate surface area is 181 Å². The number of nitrogens with one attached hydrogen (secondary N) is 1. The highest BCUT2D eigenvalue weighted by atomic mass is 35.5. The average molecular weight is 423 g/mol. The van der Waals surface area contributed by atoms with Crippen molar-refractivity contribution in [2.75, 3.05) is 17.3 Å². The van der Waals surface area contributed by atoms with Gasteiger partial charge in [0.1, 0.15) is 11.8 Å². The average Bonchev–Trinajstić information content (AvgIpc) is 2.75. The Morgan fingerprint density at radius 2 is 1.60 bits per heavy atom. The zero-order valence-electron chi connectivity index (χ0n) is 17.1. The van der Waals surface area contributed by atoms with Gasteiger partial charge in [-0.05, 0) is 66.9 Å². The van der Waals surface area contributed by atoms with E-state index in [9.17, 15) is 9.59 Å². The second kappa shape index (κ2) is 9.46. The van der Waals surface area contributed by atoms with E-state index in [1.165, 1.54) is 4.90 Å². The normalized spacial score (nSPS) is 11.5. The molecule has 3 rings (SSSR count). The number of benzene rings is 3. The van der Waals surface area contributed by atoms with E-state index in [1.807, 2.05) is 32.0 Å². The van der Waals surface area contributed by atoms with Gasteiger partial charge in [-0.3, -0.25) is 14.5 Å². The van der Waals surface area contributed by atoms with Crippen LogP contribution < -0.4 is 15.0 Å². The predicted octanol–water partition coefficient (Wildman–Crippen LogP) is 5.31. The molecule has 6 heteroatoms. The number of para-hydroxylation sites is 1. The molecular formula is C24H23ClN2O3. The molecule has 154 valence electrons. The van der Waals surface area contributed by atoms with E-state index in [0.717, 1.165) is 16.8 Å². The summed E-state index contributed by atoms with van der Waals surface area (Å²) >= 11 is 6.03. The SMILES string of the molecule is COc1ccc(N(C=O)[C@@H](C(=O)Nc2c(C)cccc2C)c2ccc(Cl)cc2)cc1. The lowest BCUT2D eigenvalue weighted by molar-refractivity contribution is -0.119. The number of halogens is 1. The number of nitrogens with zero attached hydrogens (tertiary/aromatic N) is 1. The number of rotatable bonds is 7. The van der Waals surface area contributed by atoms with Crippen molar-refractivity contribution in [3.63, 3.8) is 0 Å². The van der Waals surface area contributed by atoms with Gasteiger partial charge >= 0.3 is 0 Å². The third kappa shape index (κ3) is 4.63. The molecular weight excluding hydrogens is 400 g/mol.